The molecule has 2 heteroatoms. The van der Waals surface area contributed by atoms with Gasteiger partial charge < -0.3 is 5.11 Å². The van der Waals surface area contributed by atoms with Crippen molar-refractivity contribution in [1.29, 1.82) is 0 Å². The molecule has 0 saturated heterocycles. The third-order valence-corrected chi connectivity index (χ3v) is 8.37. The molecule has 1 aromatic rings. The summed E-state index contributed by atoms with van der Waals surface area (Å²) in [4.78, 5) is 13.6. The van der Waals surface area contributed by atoms with E-state index in [2.05, 4.69) is 39.8 Å². The molecule has 4 rings (SSSR count). The molecule has 0 heterocycles. The van der Waals surface area contributed by atoms with Crippen LogP contribution in [0.3, 0.4) is 0 Å². The number of ketones is 1. The Kier molecular flexibility index (Phi) is 5.36. The summed E-state index contributed by atoms with van der Waals surface area (Å²) >= 11 is 0. The Morgan fingerprint density at radius 3 is 2.59 bits per heavy atom. The van der Waals surface area contributed by atoms with Gasteiger partial charge in [-0.25, -0.2) is 0 Å². The van der Waals surface area contributed by atoms with E-state index in [1.54, 1.807) is 0 Å². The Morgan fingerprint density at radius 2 is 1.90 bits per heavy atom. The maximum Gasteiger partial charge on any atom is 0.143 e. The first-order valence-electron chi connectivity index (χ1n) is 11.4. The van der Waals surface area contributed by atoms with Crippen LogP contribution in [-0.2, 0) is 11.2 Å². The SMILES string of the molecule is CC(C)C1=CC2=CC(O)C3C(C)(C(=O)Cc4ccccc4)CCCC3(C)C2CC1. The number of aliphatic hydroxyl groups excluding tert-OH is 1. The monoisotopic (exact) mass is 392 g/mol. The predicted molar refractivity (Wildman–Crippen MR) is 118 cm³/mol. The van der Waals surface area contributed by atoms with Crippen molar-refractivity contribution in [3.8, 4) is 0 Å². The van der Waals surface area contributed by atoms with E-state index in [0.29, 0.717) is 24.0 Å². The molecule has 3 aliphatic carbocycles. The highest BCUT2D eigenvalue weighted by Gasteiger charge is 2.59. The summed E-state index contributed by atoms with van der Waals surface area (Å²) < 4.78 is 0. The van der Waals surface area contributed by atoms with Crippen LogP contribution in [0.1, 0.15) is 65.4 Å². The first-order valence-corrected chi connectivity index (χ1v) is 11.4. The lowest BCUT2D eigenvalue weighted by atomic mass is 9.45. The number of benzene rings is 1. The first kappa shape index (κ1) is 20.6. The Labute approximate surface area is 176 Å². The van der Waals surface area contributed by atoms with Gasteiger partial charge in [-0.1, -0.05) is 82.2 Å². The van der Waals surface area contributed by atoms with Gasteiger partial charge in [0.15, 0.2) is 0 Å². The van der Waals surface area contributed by atoms with Crippen molar-refractivity contribution in [3.05, 3.63) is 59.2 Å². The summed E-state index contributed by atoms with van der Waals surface area (Å²) in [6, 6.07) is 10.1. The zero-order chi connectivity index (χ0) is 20.8. The average Bonchev–Trinajstić information content (AvgIpc) is 2.68. The van der Waals surface area contributed by atoms with Crippen molar-refractivity contribution >= 4 is 5.78 Å². The van der Waals surface area contributed by atoms with Crippen LogP contribution in [0.4, 0.5) is 0 Å². The van der Waals surface area contributed by atoms with Crippen LogP contribution in [0.2, 0.25) is 0 Å². The second kappa shape index (κ2) is 7.54. The Hall–Kier alpha value is -1.67. The number of carbonyl (C=O) groups is 1. The van der Waals surface area contributed by atoms with Crippen LogP contribution in [0.15, 0.2) is 53.6 Å². The smallest absolute Gasteiger partial charge is 0.143 e. The van der Waals surface area contributed by atoms with Gasteiger partial charge in [0.1, 0.15) is 5.78 Å². The fourth-order valence-electron chi connectivity index (χ4n) is 6.82. The number of allylic oxidation sites excluding steroid dienone is 3. The topological polar surface area (TPSA) is 37.3 Å². The molecule has 5 atom stereocenters. The zero-order valence-corrected chi connectivity index (χ0v) is 18.4. The number of aliphatic hydroxyl groups is 1. The summed E-state index contributed by atoms with van der Waals surface area (Å²) in [5.41, 5.74) is 3.43. The second-order valence-electron chi connectivity index (χ2n) is 10.5. The number of hydrogen-bond acceptors (Lipinski definition) is 2. The van der Waals surface area contributed by atoms with Crippen LogP contribution >= 0.6 is 0 Å². The van der Waals surface area contributed by atoms with E-state index < -0.39 is 11.5 Å². The molecule has 0 aromatic heterocycles. The van der Waals surface area contributed by atoms with E-state index in [9.17, 15) is 9.90 Å². The van der Waals surface area contributed by atoms with Crippen molar-refractivity contribution in [3.63, 3.8) is 0 Å². The van der Waals surface area contributed by atoms with Crippen molar-refractivity contribution in [2.75, 3.05) is 0 Å². The van der Waals surface area contributed by atoms with Crippen molar-refractivity contribution in [1.82, 2.24) is 0 Å². The predicted octanol–water partition coefficient (Wildman–Crippen LogP) is 5.90. The standard InChI is InChI=1S/C27H36O2/c1-18(2)20-11-12-22-21(16-20)17-23(28)25-26(22,3)13-8-14-27(25,4)24(29)15-19-9-6-5-7-10-19/h5-7,9-10,16-18,22-23,25,28H,8,11-15H2,1-4H3. The molecular formula is C27H36O2. The molecule has 0 amide bonds. The number of rotatable bonds is 4. The lowest BCUT2D eigenvalue weighted by Gasteiger charge is -2.59. The van der Waals surface area contributed by atoms with Crippen LogP contribution in [0.25, 0.3) is 0 Å². The third-order valence-electron chi connectivity index (χ3n) is 8.37. The van der Waals surface area contributed by atoms with Gasteiger partial charge >= 0.3 is 0 Å². The molecular weight excluding hydrogens is 356 g/mol. The van der Waals surface area contributed by atoms with Gasteiger partial charge in [-0.3, -0.25) is 4.79 Å². The van der Waals surface area contributed by atoms with Crippen molar-refractivity contribution in [2.45, 2.75) is 72.3 Å². The minimum absolute atomic E-state index is 0.00251. The van der Waals surface area contributed by atoms with Crippen molar-refractivity contribution < 1.29 is 9.90 Å². The maximum absolute atomic E-state index is 13.6. The normalized spacial score (nSPS) is 36.7. The molecule has 1 N–H and O–H groups in total. The number of carbonyl (C=O) groups excluding carboxylic acids is 1. The molecule has 2 nitrogen and oxygen atoms in total. The van der Waals surface area contributed by atoms with E-state index in [1.807, 2.05) is 30.3 Å². The summed E-state index contributed by atoms with van der Waals surface area (Å²) in [5.74, 6) is 1.32. The first-order chi connectivity index (χ1) is 13.8. The molecule has 1 aromatic carbocycles. The van der Waals surface area contributed by atoms with E-state index in [1.165, 1.54) is 11.1 Å². The van der Waals surface area contributed by atoms with Gasteiger partial charge in [-0.2, -0.15) is 0 Å². The maximum atomic E-state index is 13.6. The van der Waals surface area contributed by atoms with Crippen LogP contribution in [0, 0.1) is 28.6 Å². The molecule has 29 heavy (non-hydrogen) atoms. The minimum atomic E-state index is -0.543. The molecule has 3 aliphatic rings. The molecule has 5 unspecified atom stereocenters. The number of hydrogen-bond donors (Lipinski definition) is 1. The zero-order valence-electron chi connectivity index (χ0n) is 18.4. The highest BCUT2D eigenvalue weighted by atomic mass is 16.3. The van der Waals surface area contributed by atoms with Gasteiger partial charge in [0.05, 0.1) is 6.10 Å². The van der Waals surface area contributed by atoms with Gasteiger partial charge in [-0.15, -0.1) is 0 Å². The van der Waals surface area contributed by atoms with Crippen LogP contribution < -0.4 is 0 Å². The molecule has 1 saturated carbocycles. The third kappa shape index (κ3) is 3.44. The second-order valence-corrected chi connectivity index (χ2v) is 10.5. The molecule has 0 bridgehead atoms. The summed E-state index contributed by atoms with van der Waals surface area (Å²) in [7, 11) is 0. The minimum Gasteiger partial charge on any atom is -0.389 e. The lowest BCUT2D eigenvalue weighted by molar-refractivity contribution is -0.151. The van der Waals surface area contributed by atoms with Crippen LogP contribution in [0.5, 0.6) is 0 Å². The quantitative estimate of drug-likeness (QED) is 0.692. The molecule has 156 valence electrons. The fourth-order valence-corrected chi connectivity index (χ4v) is 6.82. The molecule has 0 radical (unpaired) electrons. The number of Topliss-reactive ketones (excluding diaryl/α,β-unsaturated/α-hetero) is 1. The Morgan fingerprint density at radius 1 is 1.17 bits per heavy atom. The highest BCUT2D eigenvalue weighted by molar-refractivity contribution is 5.87. The van der Waals surface area contributed by atoms with Gasteiger partial charge in [0, 0.05) is 17.8 Å². The van der Waals surface area contributed by atoms with Crippen molar-refractivity contribution in [2.24, 2.45) is 28.6 Å². The van der Waals surface area contributed by atoms with E-state index in [0.717, 1.165) is 37.7 Å². The highest BCUT2D eigenvalue weighted by Crippen LogP contribution is 2.62. The largest absolute Gasteiger partial charge is 0.389 e. The lowest BCUT2D eigenvalue weighted by Crippen LogP contribution is -2.58. The summed E-state index contributed by atoms with van der Waals surface area (Å²) in [5, 5.41) is 11.3. The van der Waals surface area contributed by atoms with E-state index >= 15 is 0 Å². The van der Waals surface area contributed by atoms with Gasteiger partial charge in [-0.05, 0) is 54.1 Å². The summed E-state index contributed by atoms with van der Waals surface area (Å²) in [6.07, 6.45) is 9.74. The molecule has 1 fully saturated rings. The average molecular weight is 393 g/mol. The Bertz CT molecular complexity index is 833. The fraction of sp³-hybridized carbons (Fsp3) is 0.593. The number of fused-ring (bicyclic) bond motifs is 3. The van der Waals surface area contributed by atoms with Gasteiger partial charge in [0.25, 0.3) is 0 Å². The molecule has 0 aliphatic heterocycles. The summed E-state index contributed by atoms with van der Waals surface area (Å²) in [6.45, 7) is 9.02. The van der Waals surface area contributed by atoms with Crippen LogP contribution in [-0.4, -0.2) is 17.0 Å². The van der Waals surface area contributed by atoms with E-state index in [4.69, 9.17) is 0 Å². The van der Waals surface area contributed by atoms with Gasteiger partial charge in [0.2, 0.25) is 0 Å². The Balaban J connectivity index is 1.69. The molecule has 0 spiro atoms. The van der Waals surface area contributed by atoms with E-state index in [-0.39, 0.29) is 11.3 Å².